The molecule has 2 nitrogen and oxygen atoms in total. The van der Waals surface area contributed by atoms with Gasteiger partial charge >= 0.3 is 0 Å². The molecule has 1 fully saturated rings. The minimum Gasteiger partial charge on any atom is -0.497 e. The Labute approximate surface area is 102 Å². The summed E-state index contributed by atoms with van der Waals surface area (Å²) < 4.78 is 5.23. The first kappa shape index (κ1) is 11.8. The summed E-state index contributed by atoms with van der Waals surface area (Å²) in [6.45, 7) is 0. The third kappa shape index (κ3) is 3.16. The molecule has 1 aliphatic carbocycles. The Morgan fingerprint density at radius 1 is 1.38 bits per heavy atom. The van der Waals surface area contributed by atoms with Crippen LogP contribution in [0, 0.1) is 0 Å². The van der Waals surface area contributed by atoms with E-state index in [1.807, 2.05) is 23.9 Å². The summed E-state index contributed by atoms with van der Waals surface area (Å²) in [5.41, 5.74) is 6.00. The Kier molecular flexibility index (Phi) is 4.13. The fourth-order valence-corrected chi connectivity index (χ4v) is 3.51. The molecule has 0 bridgehead atoms. The molecule has 1 aliphatic rings. The maximum atomic E-state index is 6.00. The summed E-state index contributed by atoms with van der Waals surface area (Å²) in [6, 6.07) is 8.68. The van der Waals surface area contributed by atoms with Crippen LogP contribution in [0.3, 0.4) is 0 Å². The van der Waals surface area contributed by atoms with Gasteiger partial charge < -0.3 is 10.5 Å². The number of rotatable bonds is 3. The average molecular weight is 237 g/mol. The molecule has 2 atom stereocenters. The molecule has 1 aromatic carbocycles. The molecule has 0 saturated heterocycles. The van der Waals surface area contributed by atoms with Gasteiger partial charge in [-0.2, -0.15) is 0 Å². The van der Waals surface area contributed by atoms with E-state index in [9.17, 15) is 0 Å². The van der Waals surface area contributed by atoms with Gasteiger partial charge in [-0.25, -0.2) is 0 Å². The molecule has 2 unspecified atom stereocenters. The Balaban J connectivity index is 1.97. The number of hydrogen-bond acceptors (Lipinski definition) is 3. The standard InChI is InChI=1S/C13H19NOS/c1-15-11-5-3-7-13(9-11)16-12-6-2-4-10(14)8-12/h3,5,7,9-10,12H,2,4,6,8,14H2,1H3. The predicted molar refractivity (Wildman–Crippen MR) is 69.1 cm³/mol. The second-order valence-corrected chi connectivity index (χ2v) is 5.72. The van der Waals surface area contributed by atoms with Crippen LogP contribution in [0.15, 0.2) is 29.2 Å². The minimum atomic E-state index is 0.400. The first-order chi connectivity index (χ1) is 7.78. The van der Waals surface area contributed by atoms with Gasteiger partial charge in [0.25, 0.3) is 0 Å². The molecule has 0 heterocycles. The zero-order valence-corrected chi connectivity index (χ0v) is 10.5. The van der Waals surface area contributed by atoms with Crippen molar-refractivity contribution in [2.24, 2.45) is 5.73 Å². The highest BCUT2D eigenvalue weighted by Gasteiger charge is 2.19. The quantitative estimate of drug-likeness (QED) is 0.877. The van der Waals surface area contributed by atoms with Crippen molar-refractivity contribution in [1.29, 1.82) is 0 Å². The molecule has 88 valence electrons. The van der Waals surface area contributed by atoms with E-state index in [1.165, 1.54) is 24.2 Å². The molecule has 1 aromatic rings. The van der Waals surface area contributed by atoms with E-state index in [0.717, 1.165) is 12.2 Å². The lowest BCUT2D eigenvalue weighted by atomic mass is 9.96. The maximum absolute atomic E-state index is 6.00. The monoisotopic (exact) mass is 237 g/mol. The van der Waals surface area contributed by atoms with Crippen molar-refractivity contribution in [3.05, 3.63) is 24.3 Å². The fourth-order valence-electron chi connectivity index (χ4n) is 2.16. The molecule has 0 radical (unpaired) electrons. The van der Waals surface area contributed by atoms with Gasteiger partial charge in [0.05, 0.1) is 7.11 Å². The summed E-state index contributed by atoms with van der Waals surface area (Å²) in [4.78, 5) is 1.29. The summed E-state index contributed by atoms with van der Waals surface area (Å²) in [7, 11) is 1.71. The van der Waals surface area contributed by atoms with Crippen LogP contribution in [0.25, 0.3) is 0 Å². The third-order valence-electron chi connectivity index (χ3n) is 3.01. The van der Waals surface area contributed by atoms with Gasteiger partial charge in [-0.3, -0.25) is 0 Å². The molecule has 2 rings (SSSR count). The first-order valence-electron chi connectivity index (χ1n) is 5.84. The van der Waals surface area contributed by atoms with E-state index in [0.29, 0.717) is 11.3 Å². The van der Waals surface area contributed by atoms with Gasteiger partial charge in [-0.1, -0.05) is 12.5 Å². The van der Waals surface area contributed by atoms with Crippen molar-refractivity contribution in [2.45, 2.75) is 41.9 Å². The Hall–Kier alpha value is -0.670. The van der Waals surface area contributed by atoms with E-state index in [-0.39, 0.29) is 0 Å². The molecule has 0 amide bonds. The topological polar surface area (TPSA) is 35.2 Å². The van der Waals surface area contributed by atoms with Crippen LogP contribution < -0.4 is 10.5 Å². The smallest absolute Gasteiger partial charge is 0.119 e. The zero-order chi connectivity index (χ0) is 11.4. The van der Waals surface area contributed by atoms with Crippen molar-refractivity contribution in [1.82, 2.24) is 0 Å². The van der Waals surface area contributed by atoms with Crippen LogP contribution in [0.1, 0.15) is 25.7 Å². The summed E-state index contributed by atoms with van der Waals surface area (Å²) >= 11 is 1.94. The lowest BCUT2D eigenvalue weighted by Crippen LogP contribution is -2.29. The van der Waals surface area contributed by atoms with Gasteiger partial charge in [-0.05, 0) is 37.5 Å². The molecule has 0 spiro atoms. The van der Waals surface area contributed by atoms with Gasteiger partial charge in [0.2, 0.25) is 0 Å². The molecule has 1 saturated carbocycles. The van der Waals surface area contributed by atoms with E-state index in [1.54, 1.807) is 7.11 Å². The van der Waals surface area contributed by atoms with Crippen LogP contribution in [0.2, 0.25) is 0 Å². The van der Waals surface area contributed by atoms with Gasteiger partial charge in [-0.15, -0.1) is 11.8 Å². The number of thioether (sulfide) groups is 1. The maximum Gasteiger partial charge on any atom is 0.119 e. The van der Waals surface area contributed by atoms with Gasteiger partial charge in [0.15, 0.2) is 0 Å². The average Bonchev–Trinajstić information content (AvgIpc) is 2.29. The van der Waals surface area contributed by atoms with E-state index in [2.05, 4.69) is 12.1 Å². The van der Waals surface area contributed by atoms with Crippen LogP contribution in [-0.4, -0.2) is 18.4 Å². The van der Waals surface area contributed by atoms with Crippen LogP contribution in [-0.2, 0) is 0 Å². The van der Waals surface area contributed by atoms with E-state index < -0.39 is 0 Å². The highest BCUT2D eigenvalue weighted by Crippen LogP contribution is 2.34. The van der Waals surface area contributed by atoms with Crippen LogP contribution in [0.4, 0.5) is 0 Å². The third-order valence-corrected chi connectivity index (χ3v) is 4.30. The highest BCUT2D eigenvalue weighted by atomic mass is 32.2. The minimum absolute atomic E-state index is 0.400. The Morgan fingerprint density at radius 2 is 2.25 bits per heavy atom. The Bertz CT molecular complexity index is 342. The van der Waals surface area contributed by atoms with Gasteiger partial charge in [0, 0.05) is 16.2 Å². The molecule has 0 aliphatic heterocycles. The molecule has 0 aromatic heterocycles. The van der Waals surface area contributed by atoms with Crippen molar-refractivity contribution in [3.63, 3.8) is 0 Å². The second kappa shape index (κ2) is 5.60. The normalized spacial score (nSPS) is 25.4. The summed E-state index contributed by atoms with van der Waals surface area (Å²) in [5.74, 6) is 0.935. The van der Waals surface area contributed by atoms with Crippen LogP contribution in [0.5, 0.6) is 5.75 Å². The molecular weight excluding hydrogens is 218 g/mol. The molecule has 16 heavy (non-hydrogen) atoms. The molecule has 3 heteroatoms. The van der Waals surface area contributed by atoms with Crippen LogP contribution >= 0.6 is 11.8 Å². The second-order valence-electron chi connectivity index (χ2n) is 4.35. The predicted octanol–water partition coefficient (Wildman–Crippen LogP) is 3.06. The number of hydrogen-bond donors (Lipinski definition) is 1. The van der Waals surface area contributed by atoms with Crippen molar-refractivity contribution >= 4 is 11.8 Å². The lowest BCUT2D eigenvalue weighted by Gasteiger charge is -2.26. The molecular formula is C13H19NOS. The van der Waals surface area contributed by atoms with E-state index in [4.69, 9.17) is 10.5 Å². The number of ether oxygens (including phenoxy) is 1. The lowest BCUT2D eigenvalue weighted by molar-refractivity contribution is 0.413. The Morgan fingerprint density at radius 3 is 3.00 bits per heavy atom. The largest absolute Gasteiger partial charge is 0.497 e. The number of benzene rings is 1. The fraction of sp³-hybridized carbons (Fsp3) is 0.538. The van der Waals surface area contributed by atoms with Crippen molar-refractivity contribution in [2.75, 3.05) is 7.11 Å². The summed E-state index contributed by atoms with van der Waals surface area (Å²) in [5, 5.41) is 0.677. The van der Waals surface area contributed by atoms with Crippen molar-refractivity contribution < 1.29 is 4.74 Å². The van der Waals surface area contributed by atoms with Gasteiger partial charge in [0.1, 0.15) is 5.75 Å². The van der Waals surface area contributed by atoms with Crippen molar-refractivity contribution in [3.8, 4) is 5.75 Å². The summed E-state index contributed by atoms with van der Waals surface area (Å²) in [6.07, 6.45) is 4.88. The SMILES string of the molecule is COc1cccc(SC2CCCC(N)C2)c1. The number of methoxy groups -OCH3 is 1. The molecule has 2 N–H and O–H groups in total. The highest BCUT2D eigenvalue weighted by molar-refractivity contribution is 8.00. The van der Waals surface area contributed by atoms with E-state index >= 15 is 0 Å². The number of nitrogens with two attached hydrogens (primary N) is 1. The first-order valence-corrected chi connectivity index (χ1v) is 6.72. The zero-order valence-electron chi connectivity index (χ0n) is 9.69.